The Kier molecular flexibility index (Phi) is 2.11. The Labute approximate surface area is 56.3 Å². The van der Waals surface area contributed by atoms with Gasteiger partial charge < -0.3 is 10.6 Å². The van der Waals surface area contributed by atoms with Gasteiger partial charge in [-0.1, -0.05) is 6.08 Å². The van der Waals surface area contributed by atoms with E-state index in [1.54, 1.807) is 0 Å². The Balaban J connectivity index is 2.28. The Morgan fingerprint density at radius 3 is 3.00 bits per heavy atom. The molecule has 0 aliphatic carbocycles. The van der Waals surface area contributed by atoms with Gasteiger partial charge in [-0.25, -0.2) is 0 Å². The smallest absolute Gasteiger partial charge is 0.0328 e. The minimum Gasteiger partial charge on any atom is -0.377 e. The van der Waals surface area contributed by atoms with E-state index in [2.05, 4.69) is 24.2 Å². The van der Waals surface area contributed by atoms with Crippen molar-refractivity contribution in [2.24, 2.45) is 5.73 Å². The zero-order chi connectivity index (χ0) is 6.69. The van der Waals surface area contributed by atoms with Crippen molar-refractivity contribution < 1.29 is 0 Å². The van der Waals surface area contributed by atoms with Crippen LogP contribution >= 0.6 is 0 Å². The van der Waals surface area contributed by atoms with Gasteiger partial charge in [0.05, 0.1) is 0 Å². The predicted molar refractivity (Wildman–Crippen MR) is 39.0 cm³/mol. The summed E-state index contributed by atoms with van der Waals surface area (Å²) >= 11 is 0. The summed E-state index contributed by atoms with van der Waals surface area (Å²) < 4.78 is 0. The molecule has 9 heavy (non-hydrogen) atoms. The molecule has 2 nitrogen and oxygen atoms in total. The zero-order valence-corrected chi connectivity index (χ0v) is 5.88. The third-order valence-corrected chi connectivity index (χ3v) is 1.82. The fourth-order valence-corrected chi connectivity index (χ4v) is 1.19. The lowest BCUT2D eigenvalue weighted by molar-refractivity contribution is 0.342. The molecule has 1 aliphatic heterocycles. The lowest BCUT2D eigenvalue weighted by atomic mass is 10.1. The van der Waals surface area contributed by atoms with Crippen LogP contribution in [0.25, 0.3) is 0 Å². The van der Waals surface area contributed by atoms with E-state index < -0.39 is 0 Å². The molecule has 0 radical (unpaired) electrons. The van der Waals surface area contributed by atoms with Crippen LogP contribution < -0.4 is 5.73 Å². The maximum Gasteiger partial charge on any atom is 0.0328 e. The Hall–Kier alpha value is -0.500. The van der Waals surface area contributed by atoms with Crippen molar-refractivity contribution in [1.29, 1.82) is 0 Å². The molecule has 1 atom stereocenters. The van der Waals surface area contributed by atoms with Gasteiger partial charge in [0.1, 0.15) is 0 Å². The molecule has 0 saturated heterocycles. The minimum atomic E-state index is 0.676. The molecular weight excluding hydrogens is 112 g/mol. The van der Waals surface area contributed by atoms with Crippen molar-refractivity contribution in [2.75, 3.05) is 13.6 Å². The molecule has 0 amide bonds. The van der Waals surface area contributed by atoms with Gasteiger partial charge in [0.2, 0.25) is 0 Å². The van der Waals surface area contributed by atoms with E-state index in [0.717, 1.165) is 13.0 Å². The molecule has 1 aliphatic rings. The lowest BCUT2D eigenvalue weighted by Crippen LogP contribution is -2.25. The zero-order valence-electron chi connectivity index (χ0n) is 5.88. The SMILES string of the molecule is CN1C=CCC1CCN. The maximum atomic E-state index is 5.42. The maximum absolute atomic E-state index is 5.42. The summed E-state index contributed by atoms with van der Waals surface area (Å²) in [7, 11) is 2.10. The van der Waals surface area contributed by atoms with Gasteiger partial charge in [-0.15, -0.1) is 0 Å². The van der Waals surface area contributed by atoms with Crippen LogP contribution in [0.1, 0.15) is 12.8 Å². The molecule has 0 bridgehead atoms. The molecule has 0 saturated carbocycles. The van der Waals surface area contributed by atoms with Crippen LogP contribution in [0.5, 0.6) is 0 Å². The van der Waals surface area contributed by atoms with Gasteiger partial charge >= 0.3 is 0 Å². The molecule has 52 valence electrons. The third-order valence-electron chi connectivity index (χ3n) is 1.82. The topological polar surface area (TPSA) is 29.3 Å². The summed E-state index contributed by atoms with van der Waals surface area (Å²) in [4.78, 5) is 2.23. The van der Waals surface area contributed by atoms with E-state index in [-0.39, 0.29) is 0 Å². The van der Waals surface area contributed by atoms with E-state index in [9.17, 15) is 0 Å². The third kappa shape index (κ3) is 1.45. The lowest BCUT2D eigenvalue weighted by Gasteiger charge is -2.19. The van der Waals surface area contributed by atoms with Crippen LogP contribution in [0.15, 0.2) is 12.3 Å². The predicted octanol–water partition coefficient (Wildman–Crippen LogP) is 0.553. The molecule has 0 aromatic carbocycles. The molecule has 0 spiro atoms. The molecule has 0 aromatic rings. The second-order valence-electron chi connectivity index (χ2n) is 2.52. The van der Waals surface area contributed by atoms with E-state index in [4.69, 9.17) is 5.73 Å². The normalized spacial score (nSPS) is 25.6. The second kappa shape index (κ2) is 2.87. The number of rotatable bonds is 2. The van der Waals surface area contributed by atoms with Gasteiger partial charge in [-0.3, -0.25) is 0 Å². The number of hydrogen-bond acceptors (Lipinski definition) is 2. The first-order chi connectivity index (χ1) is 4.34. The van der Waals surface area contributed by atoms with Gasteiger partial charge in [-0.2, -0.15) is 0 Å². The Morgan fingerprint density at radius 1 is 1.78 bits per heavy atom. The van der Waals surface area contributed by atoms with Crippen molar-refractivity contribution in [3.63, 3.8) is 0 Å². The van der Waals surface area contributed by atoms with Crippen molar-refractivity contribution >= 4 is 0 Å². The van der Waals surface area contributed by atoms with Gasteiger partial charge in [0.15, 0.2) is 0 Å². The molecule has 0 fully saturated rings. The molecule has 2 heteroatoms. The van der Waals surface area contributed by atoms with E-state index >= 15 is 0 Å². The van der Waals surface area contributed by atoms with Gasteiger partial charge in [-0.05, 0) is 25.6 Å². The van der Waals surface area contributed by atoms with Crippen LogP contribution in [0.4, 0.5) is 0 Å². The molecular formula is C7H14N2. The van der Waals surface area contributed by atoms with Crippen LogP contribution in [0, 0.1) is 0 Å². The summed E-state index contributed by atoms with van der Waals surface area (Å²) in [5.74, 6) is 0. The fourth-order valence-electron chi connectivity index (χ4n) is 1.19. The highest BCUT2D eigenvalue weighted by Crippen LogP contribution is 2.13. The van der Waals surface area contributed by atoms with Gasteiger partial charge in [0, 0.05) is 13.1 Å². The van der Waals surface area contributed by atoms with Crippen molar-refractivity contribution in [3.8, 4) is 0 Å². The highest BCUT2D eigenvalue weighted by molar-refractivity contribution is 4.96. The van der Waals surface area contributed by atoms with Gasteiger partial charge in [0.25, 0.3) is 0 Å². The fraction of sp³-hybridized carbons (Fsp3) is 0.714. The molecule has 1 heterocycles. The first-order valence-corrected chi connectivity index (χ1v) is 3.43. The van der Waals surface area contributed by atoms with E-state index in [0.29, 0.717) is 6.04 Å². The average Bonchev–Trinajstić information content (AvgIpc) is 2.18. The van der Waals surface area contributed by atoms with Crippen molar-refractivity contribution in [1.82, 2.24) is 4.90 Å². The second-order valence-corrected chi connectivity index (χ2v) is 2.52. The number of nitrogens with zero attached hydrogens (tertiary/aromatic N) is 1. The first-order valence-electron chi connectivity index (χ1n) is 3.43. The quantitative estimate of drug-likeness (QED) is 0.585. The Bertz CT molecular complexity index is 109. The molecule has 1 rings (SSSR count). The Morgan fingerprint density at radius 2 is 2.56 bits per heavy atom. The summed E-state index contributed by atoms with van der Waals surface area (Å²) in [6, 6.07) is 0.676. The van der Waals surface area contributed by atoms with Crippen LogP contribution in [-0.4, -0.2) is 24.5 Å². The van der Waals surface area contributed by atoms with E-state index in [1.165, 1.54) is 6.42 Å². The van der Waals surface area contributed by atoms with Crippen molar-refractivity contribution in [2.45, 2.75) is 18.9 Å². The molecule has 0 aromatic heterocycles. The highest BCUT2D eigenvalue weighted by Gasteiger charge is 2.12. The molecule has 2 N–H and O–H groups in total. The van der Waals surface area contributed by atoms with E-state index in [1.807, 2.05) is 0 Å². The standard InChI is InChI=1S/C7H14N2/c1-9-6-2-3-7(9)4-5-8/h2,6-7H,3-5,8H2,1H3. The van der Waals surface area contributed by atoms with Crippen LogP contribution in [0.2, 0.25) is 0 Å². The largest absolute Gasteiger partial charge is 0.377 e. The van der Waals surface area contributed by atoms with Crippen LogP contribution in [0.3, 0.4) is 0 Å². The summed E-state index contributed by atoms with van der Waals surface area (Å²) in [5.41, 5.74) is 5.42. The first kappa shape index (κ1) is 6.62. The summed E-state index contributed by atoms with van der Waals surface area (Å²) in [5, 5.41) is 0. The number of hydrogen-bond donors (Lipinski definition) is 1. The number of nitrogens with two attached hydrogens (primary N) is 1. The van der Waals surface area contributed by atoms with Crippen molar-refractivity contribution in [3.05, 3.63) is 12.3 Å². The summed E-state index contributed by atoms with van der Waals surface area (Å²) in [6.45, 7) is 0.802. The monoisotopic (exact) mass is 126 g/mol. The van der Waals surface area contributed by atoms with Crippen LogP contribution in [-0.2, 0) is 0 Å². The average molecular weight is 126 g/mol. The minimum absolute atomic E-state index is 0.676. The molecule has 1 unspecified atom stereocenters. The summed E-state index contributed by atoms with van der Waals surface area (Å²) in [6.07, 6.45) is 6.61. The highest BCUT2D eigenvalue weighted by atomic mass is 15.1.